The lowest BCUT2D eigenvalue weighted by Crippen LogP contribution is -2.21. The molecule has 0 aliphatic rings. The van der Waals surface area contributed by atoms with Crippen LogP contribution < -0.4 is 0 Å². The Balaban J connectivity index is 0.00000151. The van der Waals surface area contributed by atoms with Gasteiger partial charge in [0.05, 0.1) is 57.1 Å². The smallest absolute Gasteiger partial charge is 0.417 e. The third-order valence-electron chi connectivity index (χ3n) is 21.6. The quantitative estimate of drug-likeness (QED) is 0.0211. The predicted octanol–water partition coefficient (Wildman–Crippen LogP) is 24.0. The van der Waals surface area contributed by atoms with Crippen molar-refractivity contribution in [2.75, 3.05) is 0 Å². The van der Waals surface area contributed by atoms with E-state index in [9.17, 15) is 111 Å². The molecule has 35 heteroatoms. The Labute approximate surface area is 772 Å². The fraction of sp³-hybridized carbons (Fsp3) is 0.596. The van der Waals surface area contributed by atoms with Crippen LogP contribution >= 0.6 is 0 Å². The molecule has 0 saturated heterocycles. The van der Waals surface area contributed by atoms with Crippen LogP contribution in [0.1, 0.15) is 483 Å². The summed E-state index contributed by atoms with van der Waals surface area (Å²) in [5.41, 5.74) is 9.16. The maximum Gasteiger partial charge on any atom is 0.417 e. The molecule has 0 radical (unpaired) electrons. The molecule has 0 bridgehead atoms. The predicted molar refractivity (Wildman–Crippen MR) is 495 cm³/mol. The van der Waals surface area contributed by atoms with Crippen molar-refractivity contribution in [3.8, 4) is 6.07 Å². The lowest BCUT2D eigenvalue weighted by Gasteiger charge is -2.29. The third-order valence-corrected chi connectivity index (χ3v) is 27.3. The third kappa shape index (κ3) is 32.1. The van der Waals surface area contributed by atoms with Crippen LogP contribution in [0.25, 0.3) is 0 Å². The lowest BCUT2D eigenvalue weighted by atomic mass is 9.84. The van der Waals surface area contributed by atoms with E-state index in [0.29, 0.717) is 84.9 Å². The molecule has 0 spiro atoms. The summed E-state index contributed by atoms with van der Waals surface area (Å²) >= 11 is -0.750. The Morgan fingerprint density at radius 3 is 0.775 bits per heavy atom. The van der Waals surface area contributed by atoms with Crippen molar-refractivity contribution >= 4 is 84.3 Å². The highest BCUT2D eigenvalue weighted by molar-refractivity contribution is 7.87. The normalized spacial score (nSPS) is 12.5. The van der Waals surface area contributed by atoms with Gasteiger partial charge in [0, 0.05) is 11.1 Å². The molecule has 6 aromatic carbocycles. The first-order chi connectivity index (χ1) is 58.1. The van der Waals surface area contributed by atoms with Gasteiger partial charge in [-0.05, 0) is 214 Å². The number of carbonyl (C=O) groups is 1. The zero-order valence-corrected chi connectivity index (χ0v) is 87.5. The number of nitrogens with zero attached hydrogens (tertiary/aromatic N) is 2. The highest BCUT2D eigenvalue weighted by atomic mass is 32.2. The average molecular weight is 1940 g/mol. The number of rotatable bonds is 26. The van der Waals surface area contributed by atoms with Crippen LogP contribution in [0.15, 0.2) is 71.8 Å². The van der Waals surface area contributed by atoms with Gasteiger partial charge in [-0.1, -0.05) is 286 Å². The van der Waals surface area contributed by atoms with Gasteiger partial charge in [0.2, 0.25) is 0 Å². The summed E-state index contributed by atoms with van der Waals surface area (Å²) in [7, 11) is -28.0. The van der Waals surface area contributed by atoms with E-state index in [1.165, 1.54) is 26.0 Å². The minimum Gasteiger partial charge on any atom is -0.744 e. The molecule has 0 fully saturated rings. The topological polar surface area (TPSA) is 461 Å². The van der Waals surface area contributed by atoms with Crippen molar-refractivity contribution in [3.63, 3.8) is 0 Å². The second-order valence-electron chi connectivity index (χ2n) is 37.7. The average Bonchev–Trinajstić information content (AvgIpc) is 0.741. The Morgan fingerprint density at radius 1 is 0.318 bits per heavy atom. The summed E-state index contributed by atoms with van der Waals surface area (Å²) in [6.45, 7) is 67.9. The Kier molecular flexibility index (Phi) is 46.1. The Hall–Kier alpha value is -7.05. The van der Waals surface area contributed by atoms with Gasteiger partial charge in [0.1, 0.15) is 60.7 Å². The maximum absolute atomic E-state index is 13.6. The van der Waals surface area contributed by atoms with Crippen molar-refractivity contribution in [1.82, 2.24) is 0 Å². The molecule has 0 atom stereocenters. The van der Waals surface area contributed by atoms with Crippen LogP contribution in [0, 0.1) is 28.4 Å². The summed E-state index contributed by atoms with van der Waals surface area (Å²) in [6.07, 6.45) is -4.06. The van der Waals surface area contributed by atoms with Crippen molar-refractivity contribution in [2.24, 2.45) is 0 Å². The van der Waals surface area contributed by atoms with Gasteiger partial charge in [-0.25, -0.2) is 50.5 Å². The molecule has 0 aliphatic carbocycles. The SMILES string of the molecule is CC(C)c1cc(C(C)C)c(S(=O)(=O)[O-])c(C(C)C)c1.CC(C)c1cc(C(C)C)c(S(=O)(=O)[O-])c(C(C)C)c1C#N.CC(C)c1cc(C(C)C)c(S(=O)(=O)[O-])c(C(C)C)c1C(F)(F)F.CC(C)c1cc(C(C)C)c(S(=O)(=O)[O-])c(C(C)C)c1C=O.CC(C)c1cc(C(C)C)c(S(=O)(=O)[O-])c(C(C)C)c1[N+](=O)[O-].Cc1c(C(C)C)cc(C(C)C)c(S(=O)(=O)[O-])c1C(C)C.O=S=O. The zero-order chi connectivity index (χ0) is 102. The van der Waals surface area contributed by atoms with Crippen molar-refractivity contribution in [2.45, 2.75) is 398 Å². The minimum atomic E-state index is -5.03. The fourth-order valence-electron chi connectivity index (χ4n) is 15.6. The number of nitriles is 1. The number of aldehydes is 1. The number of alkyl halides is 3. The first kappa shape index (κ1) is 122. The van der Waals surface area contributed by atoms with Crippen molar-refractivity contribution in [1.29, 1.82) is 5.26 Å². The monoisotopic (exact) mass is 1940 g/mol. The van der Waals surface area contributed by atoms with E-state index in [1.54, 1.807) is 95.2 Å². The zero-order valence-electron chi connectivity index (χ0n) is 81.8. The van der Waals surface area contributed by atoms with Gasteiger partial charge in [-0.2, -0.15) is 26.9 Å². The molecular weight excluding hydrogens is 1810 g/mol. The number of nitro groups is 1. The summed E-state index contributed by atoms with van der Waals surface area (Å²) in [5, 5.41) is 21.0. The molecule has 0 unspecified atom stereocenters. The van der Waals surface area contributed by atoms with E-state index in [0.717, 1.165) is 27.8 Å². The van der Waals surface area contributed by atoms with Crippen LogP contribution in [0.2, 0.25) is 0 Å². The van der Waals surface area contributed by atoms with E-state index in [-0.39, 0.29) is 119 Å². The first-order valence-corrected chi connectivity index (χ1v) is 52.1. The van der Waals surface area contributed by atoms with E-state index in [1.807, 2.05) is 150 Å². The molecule has 0 amide bonds. The molecule has 6 rings (SSSR count). The number of hydrogen-bond acceptors (Lipinski definition) is 24. The largest absolute Gasteiger partial charge is 0.744 e. The number of hydrogen-bond donors (Lipinski definition) is 0. The molecule has 730 valence electrons. The fourth-order valence-corrected chi connectivity index (χ4v) is 22.7. The molecule has 0 heterocycles. The molecule has 0 aliphatic heterocycles. The summed E-state index contributed by atoms with van der Waals surface area (Å²) in [6, 6.07) is 13.9. The molecule has 0 aromatic heterocycles. The lowest BCUT2D eigenvalue weighted by molar-refractivity contribution is -0.386. The number of halogens is 3. The highest BCUT2D eigenvalue weighted by Gasteiger charge is 2.41. The number of benzene rings is 6. The van der Waals surface area contributed by atoms with E-state index < -0.39 is 122 Å². The van der Waals surface area contributed by atoms with Crippen LogP contribution in [-0.4, -0.2) is 97.5 Å². The number of nitro benzene ring substituents is 1. The second kappa shape index (κ2) is 48.7. The number of carbonyl (C=O) groups excluding carboxylic acids is 1. The molecule has 6 aromatic rings. The standard InChI is InChI=1S/C16H23F3O3S.C16H23NO3S.C16H24O4S.C16H26O3S.C15H23NO5S.C15H24O3S.O2S/c1-8(2)11-7-12(9(3)4)15(23(20,21)22)13(10(5)6)14(11)16(17,18)19;2*1-9(2)12-7-13(10(3)4)16(21(18,19)20)15(11(5)6)14(12)8-17;1-9(2)13-8-14(10(3)4)16(20(17,18)19)15(11(5)6)12(13)7;1-8(2)11-7-12(9(3)4)15(22(19,20)21)13(10(5)6)14(11)16(17)18;1-9(2)12-7-13(10(3)4)15(19(16,17)18)14(8-12)11(5)6;1-3-2/h7-10H,1-6H3,(H,20,21,22);7,9-11H,1-6H3,(H,18,19,20);7-11H,1-6H3,(H,18,19,20);8-11H,1-7H3,(H,17,18,19);7-10H,1-6H3,(H,19,20,21);7-11H,1-6H3,(H,16,17,18);/p-6. The van der Waals surface area contributed by atoms with Crippen LogP contribution in [-0.2, 0) is 78.5 Å². The van der Waals surface area contributed by atoms with Crippen LogP contribution in [0.5, 0.6) is 0 Å². The molecular formula is C94H137F3N2O23S7-6. The first-order valence-electron chi connectivity index (χ1n) is 43.0. The second-order valence-corrected chi connectivity index (χ2v) is 45.8. The van der Waals surface area contributed by atoms with Crippen LogP contribution in [0.3, 0.4) is 0 Å². The Bertz CT molecular complexity index is 5740. The summed E-state index contributed by atoms with van der Waals surface area (Å²) in [5.74, 6) is -2.28. The van der Waals surface area contributed by atoms with Gasteiger partial charge >= 0.3 is 17.7 Å². The molecule has 25 nitrogen and oxygen atoms in total. The van der Waals surface area contributed by atoms with Crippen LogP contribution in [0.4, 0.5) is 18.9 Å². The van der Waals surface area contributed by atoms with Crippen molar-refractivity contribution in [3.05, 3.63) is 175 Å². The van der Waals surface area contributed by atoms with Gasteiger partial charge in [-0.3, -0.25) is 14.9 Å². The van der Waals surface area contributed by atoms with Gasteiger partial charge in [0.15, 0.2) is 6.29 Å². The van der Waals surface area contributed by atoms with Gasteiger partial charge in [0.25, 0.3) is 5.69 Å². The van der Waals surface area contributed by atoms with E-state index in [4.69, 9.17) is 8.42 Å². The Morgan fingerprint density at radius 2 is 0.543 bits per heavy atom. The minimum absolute atomic E-state index is 0.00400. The molecule has 129 heavy (non-hydrogen) atoms. The van der Waals surface area contributed by atoms with Gasteiger partial charge in [-0.15, -0.1) is 0 Å². The van der Waals surface area contributed by atoms with Crippen molar-refractivity contribution < 1.29 is 109 Å². The summed E-state index contributed by atoms with van der Waals surface area (Å²) in [4.78, 5) is 20.9. The summed E-state index contributed by atoms with van der Waals surface area (Å²) < 4.78 is 269. The maximum atomic E-state index is 13.6. The van der Waals surface area contributed by atoms with Gasteiger partial charge < -0.3 is 27.3 Å². The van der Waals surface area contributed by atoms with E-state index in [2.05, 4.69) is 33.8 Å². The molecule has 0 N–H and O–H groups in total. The van der Waals surface area contributed by atoms with E-state index >= 15 is 0 Å². The molecule has 0 saturated carbocycles. The highest BCUT2D eigenvalue weighted by Crippen LogP contribution is 2.49.